The molecule has 2 heteroatoms. The van der Waals surface area contributed by atoms with Gasteiger partial charge in [-0.1, -0.05) is 50.5 Å². The van der Waals surface area contributed by atoms with Crippen molar-refractivity contribution in [1.82, 2.24) is 5.32 Å². The van der Waals surface area contributed by atoms with Gasteiger partial charge in [-0.3, -0.25) is 0 Å². The lowest BCUT2D eigenvalue weighted by molar-refractivity contribution is 0.00777. The predicted octanol–water partition coefficient (Wildman–Crippen LogP) is 4.24. The summed E-state index contributed by atoms with van der Waals surface area (Å²) < 4.78 is 5.95. The van der Waals surface area contributed by atoms with Crippen LogP contribution in [0.15, 0.2) is 24.3 Å². The molecule has 0 aromatic heterocycles. The highest BCUT2D eigenvalue weighted by atomic mass is 16.5. The van der Waals surface area contributed by atoms with E-state index in [1.54, 1.807) is 0 Å². The largest absolute Gasteiger partial charge is 0.379 e. The normalized spacial score (nSPS) is 19.8. The Bertz CT molecular complexity index is 398. The van der Waals surface area contributed by atoms with E-state index in [4.69, 9.17) is 4.74 Å². The molecule has 1 aliphatic carbocycles. The van der Waals surface area contributed by atoms with Crippen LogP contribution in [-0.2, 0) is 4.74 Å². The zero-order valence-corrected chi connectivity index (χ0v) is 13.2. The number of methoxy groups -OCH3 is 1. The molecular weight excluding hydrogens is 246 g/mol. The second-order valence-corrected chi connectivity index (χ2v) is 5.99. The van der Waals surface area contributed by atoms with Crippen molar-refractivity contribution in [3.63, 3.8) is 0 Å². The van der Waals surface area contributed by atoms with Crippen molar-refractivity contribution in [2.75, 3.05) is 13.7 Å². The van der Waals surface area contributed by atoms with E-state index < -0.39 is 0 Å². The summed E-state index contributed by atoms with van der Waals surface area (Å²) in [5.41, 5.74) is 2.75. The molecule has 2 unspecified atom stereocenters. The van der Waals surface area contributed by atoms with Crippen LogP contribution in [0.2, 0.25) is 0 Å². The van der Waals surface area contributed by atoms with Crippen LogP contribution in [0, 0.1) is 12.8 Å². The molecule has 20 heavy (non-hydrogen) atoms. The molecule has 1 aromatic rings. The monoisotopic (exact) mass is 275 g/mol. The number of nitrogens with one attached hydrogen (secondary N) is 1. The maximum absolute atomic E-state index is 5.95. The fourth-order valence-corrected chi connectivity index (χ4v) is 3.62. The van der Waals surface area contributed by atoms with Gasteiger partial charge in [-0.2, -0.15) is 0 Å². The molecule has 0 saturated heterocycles. The Labute approximate surface area is 123 Å². The number of hydrogen-bond donors (Lipinski definition) is 1. The van der Waals surface area contributed by atoms with Crippen molar-refractivity contribution in [1.29, 1.82) is 0 Å². The van der Waals surface area contributed by atoms with Crippen LogP contribution in [0.1, 0.15) is 56.2 Å². The predicted molar refractivity (Wildman–Crippen MR) is 85.0 cm³/mol. The molecule has 2 nitrogen and oxygen atoms in total. The van der Waals surface area contributed by atoms with Gasteiger partial charge in [0.2, 0.25) is 0 Å². The summed E-state index contributed by atoms with van der Waals surface area (Å²) in [5, 5.41) is 3.66. The molecule has 1 aromatic carbocycles. The Hall–Kier alpha value is -0.860. The minimum Gasteiger partial charge on any atom is -0.379 e. The van der Waals surface area contributed by atoms with Gasteiger partial charge in [0.15, 0.2) is 0 Å². The Morgan fingerprint density at radius 2 is 1.90 bits per heavy atom. The lowest BCUT2D eigenvalue weighted by Crippen LogP contribution is -2.39. The molecule has 112 valence electrons. The van der Waals surface area contributed by atoms with Crippen molar-refractivity contribution >= 4 is 0 Å². The summed E-state index contributed by atoms with van der Waals surface area (Å²) in [7, 11) is 1.88. The standard InChI is InChI=1S/C18H29NO/c1-4-19-17(16-13-9-8-10-14(16)2)18(20-3)15-11-6-5-7-12-15/h8-10,13,15,17-19H,4-7,11-12H2,1-3H3. The lowest BCUT2D eigenvalue weighted by Gasteiger charge is -2.36. The highest BCUT2D eigenvalue weighted by Crippen LogP contribution is 2.34. The molecule has 0 spiro atoms. The Morgan fingerprint density at radius 1 is 1.20 bits per heavy atom. The highest BCUT2D eigenvalue weighted by Gasteiger charge is 2.31. The third-order valence-corrected chi connectivity index (χ3v) is 4.66. The molecule has 1 fully saturated rings. The average Bonchev–Trinajstić information content (AvgIpc) is 2.49. The summed E-state index contributed by atoms with van der Waals surface area (Å²) in [5.74, 6) is 0.692. The molecule has 1 saturated carbocycles. The number of hydrogen-bond acceptors (Lipinski definition) is 2. The van der Waals surface area contributed by atoms with Gasteiger partial charge in [-0.05, 0) is 43.4 Å². The number of likely N-dealkylation sites (N-methyl/N-ethyl adjacent to an activating group) is 1. The van der Waals surface area contributed by atoms with Crippen LogP contribution in [0.4, 0.5) is 0 Å². The van der Waals surface area contributed by atoms with Crippen molar-refractivity contribution in [3.8, 4) is 0 Å². The SMILES string of the molecule is CCNC(c1ccccc1C)C(OC)C1CCCCC1. The first-order valence-corrected chi connectivity index (χ1v) is 8.09. The van der Waals surface area contributed by atoms with Gasteiger partial charge in [-0.15, -0.1) is 0 Å². The molecule has 0 radical (unpaired) electrons. The maximum atomic E-state index is 5.95. The molecule has 2 atom stereocenters. The second-order valence-electron chi connectivity index (χ2n) is 5.99. The maximum Gasteiger partial charge on any atom is 0.0794 e. The minimum atomic E-state index is 0.288. The Morgan fingerprint density at radius 3 is 2.50 bits per heavy atom. The smallest absolute Gasteiger partial charge is 0.0794 e. The number of ether oxygens (including phenoxy) is 1. The quantitative estimate of drug-likeness (QED) is 0.838. The minimum absolute atomic E-state index is 0.288. The van der Waals surface area contributed by atoms with E-state index in [1.807, 2.05) is 7.11 Å². The molecule has 1 aliphatic rings. The summed E-state index contributed by atoms with van der Waals surface area (Å²) in [6, 6.07) is 9.02. The van der Waals surface area contributed by atoms with E-state index >= 15 is 0 Å². The fraction of sp³-hybridized carbons (Fsp3) is 0.667. The van der Waals surface area contributed by atoms with Crippen LogP contribution < -0.4 is 5.32 Å². The van der Waals surface area contributed by atoms with Gasteiger partial charge < -0.3 is 10.1 Å². The summed E-state index contributed by atoms with van der Waals surface area (Å²) in [4.78, 5) is 0. The van der Waals surface area contributed by atoms with Gasteiger partial charge in [0.1, 0.15) is 0 Å². The van der Waals surface area contributed by atoms with E-state index in [0.717, 1.165) is 6.54 Å². The molecule has 0 aliphatic heterocycles. The van der Waals surface area contributed by atoms with Crippen molar-refractivity contribution < 1.29 is 4.74 Å². The van der Waals surface area contributed by atoms with Crippen LogP contribution >= 0.6 is 0 Å². The van der Waals surface area contributed by atoms with Gasteiger partial charge in [0.25, 0.3) is 0 Å². The van der Waals surface area contributed by atoms with E-state index in [9.17, 15) is 0 Å². The fourth-order valence-electron chi connectivity index (χ4n) is 3.62. The topological polar surface area (TPSA) is 21.3 Å². The third-order valence-electron chi connectivity index (χ3n) is 4.66. The van der Waals surface area contributed by atoms with E-state index in [-0.39, 0.29) is 6.10 Å². The Kier molecular flexibility index (Phi) is 6.06. The zero-order chi connectivity index (χ0) is 14.4. The molecule has 0 heterocycles. The van der Waals surface area contributed by atoms with Crippen LogP contribution in [0.3, 0.4) is 0 Å². The van der Waals surface area contributed by atoms with E-state index in [2.05, 4.69) is 43.4 Å². The van der Waals surface area contributed by atoms with Crippen LogP contribution in [-0.4, -0.2) is 19.8 Å². The lowest BCUT2D eigenvalue weighted by atomic mass is 9.80. The molecule has 2 rings (SSSR count). The Balaban J connectivity index is 2.23. The molecular formula is C18H29NO. The second kappa shape index (κ2) is 7.80. The van der Waals surface area contributed by atoms with Crippen LogP contribution in [0.25, 0.3) is 0 Å². The van der Waals surface area contributed by atoms with Crippen molar-refractivity contribution in [2.45, 2.75) is 58.1 Å². The number of rotatable bonds is 6. The third kappa shape index (κ3) is 3.62. The zero-order valence-electron chi connectivity index (χ0n) is 13.2. The average molecular weight is 275 g/mol. The van der Waals surface area contributed by atoms with Crippen molar-refractivity contribution in [2.24, 2.45) is 5.92 Å². The van der Waals surface area contributed by atoms with Crippen LogP contribution in [0.5, 0.6) is 0 Å². The van der Waals surface area contributed by atoms with Gasteiger partial charge in [-0.25, -0.2) is 0 Å². The first-order valence-electron chi connectivity index (χ1n) is 8.09. The van der Waals surface area contributed by atoms with Gasteiger partial charge in [0.05, 0.1) is 12.1 Å². The number of benzene rings is 1. The van der Waals surface area contributed by atoms with E-state index in [0.29, 0.717) is 12.0 Å². The number of aryl methyl sites for hydroxylation is 1. The highest BCUT2D eigenvalue weighted by molar-refractivity contribution is 5.29. The summed E-state index contributed by atoms with van der Waals surface area (Å²) >= 11 is 0. The van der Waals surface area contributed by atoms with Gasteiger partial charge >= 0.3 is 0 Å². The summed E-state index contributed by atoms with van der Waals surface area (Å²) in [6.45, 7) is 5.36. The molecule has 0 amide bonds. The molecule has 1 N–H and O–H groups in total. The first-order chi connectivity index (χ1) is 9.77. The van der Waals surface area contributed by atoms with E-state index in [1.165, 1.54) is 43.2 Å². The molecule has 0 bridgehead atoms. The van der Waals surface area contributed by atoms with Gasteiger partial charge in [0, 0.05) is 7.11 Å². The first kappa shape index (κ1) is 15.5. The summed E-state index contributed by atoms with van der Waals surface area (Å²) in [6.07, 6.45) is 7.02. The van der Waals surface area contributed by atoms with Crippen molar-refractivity contribution in [3.05, 3.63) is 35.4 Å².